The van der Waals surface area contributed by atoms with Crippen molar-refractivity contribution in [3.63, 3.8) is 0 Å². The van der Waals surface area contributed by atoms with Crippen LogP contribution in [0.25, 0.3) is 22.1 Å². The Morgan fingerprint density at radius 2 is 0.933 bits per heavy atom. The molecular formula is C46H52N6O8. The normalized spacial score (nSPS) is 12.7. The van der Waals surface area contributed by atoms with E-state index in [1.54, 1.807) is 41.5 Å². The Morgan fingerprint density at radius 1 is 0.550 bits per heavy atom. The average molecular weight is 817 g/mol. The summed E-state index contributed by atoms with van der Waals surface area (Å²) in [5, 5.41) is 5.58. The summed E-state index contributed by atoms with van der Waals surface area (Å²) >= 11 is 0. The van der Waals surface area contributed by atoms with Crippen LogP contribution in [-0.2, 0) is 54.6 Å². The number of hydrogen-bond acceptors (Lipinski definition) is 10. The van der Waals surface area contributed by atoms with Gasteiger partial charge in [0, 0.05) is 0 Å². The maximum atomic E-state index is 12.9. The summed E-state index contributed by atoms with van der Waals surface area (Å²) in [6, 6.07) is 28.8. The minimum absolute atomic E-state index is 0.0711. The minimum atomic E-state index is -0.830. The van der Waals surface area contributed by atoms with E-state index >= 15 is 0 Å². The molecule has 314 valence electrons. The number of amides is 2. The van der Waals surface area contributed by atoms with E-state index in [0.717, 1.165) is 33.3 Å². The quantitative estimate of drug-likeness (QED) is 0.0577. The van der Waals surface area contributed by atoms with Gasteiger partial charge in [0.2, 0.25) is 0 Å². The van der Waals surface area contributed by atoms with Crippen LogP contribution in [0.5, 0.6) is 0 Å². The van der Waals surface area contributed by atoms with E-state index in [4.69, 9.17) is 28.9 Å². The van der Waals surface area contributed by atoms with E-state index in [0.29, 0.717) is 35.5 Å². The predicted molar refractivity (Wildman–Crippen MR) is 226 cm³/mol. The zero-order valence-corrected chi connectivity index (χ0v) is 34.8. The largest absolute Gasteiger partial charge is 0.460 e. The van der Waals surface area contributed by atoms with Crippen molar-refractivity contribution in [1.29, 1.82) is 0 Å². The van der Waals surface area contributed by atoms with Crippen molar-refractivity contribution in [2.45, 2.75) is 104 Å². The maximum Gasteiger partial charge on any atom is 0.408 e. The number of rotatable bonds is 15. The molecule has 0 aliphatic heterocycles. The van der Waals surface area contributed by atoms with Crippen LogP contribution in [0, 0.1) is 0 Å². The van der Waals surface area contributed by atoms with Crippen molar-refractivity contribution in [3.05, 3.63) is 131 Å². The summed E-state index contributed by atoms with van der Waals surface area (Å²) in [6.45, 7) is 10.8. The number of alkyl carbamates (subject to hydrolysis) is 2. The minimum Gasteiger partial charge on any atom is -0.460 e. The smallest absolute Gasteiger partial charge is 0.408 e. The lowest BCUT2D eigenvalue weighted by Gasteiger charge is -2.22. The van der Waals surface area contributed by atoms with Gasteiger partial charge in [-0.1, -0.05) is 72.8 Å². The Labute approximate surface area is 348 Å². The molecule has 0 unspecified atom stereocenters. The van der Waals surface area contributed by atoms with Crippen molar-refractivity contribution < 1.29 is 38.1 Å². The first kappa shape index (κ1) is 42.9. The van der Waals surface area contributed by atoms with Gasteiger partial charge in [-0.2, -0.15) is 0 Å². The van der Waals surface area contributed by atoms with Crippen LogP contribution in [0.4, 0.5) is 9.59 Å². The van der Waals surface area contributed by atoms with Crippen molar-refractivity contribution in [1.82, 2.24) is 30.6 Å². The average Bonchev–Trinajstić information content (AvgIpc) is 3.82. The number of benzene rings is 4. The monoisotopic (exact) mass is 816 g/mol. The molecule has 2 heterocycles. The maximum absolute atomic E-state index is 12.9. The first-order valence-electron chi connectivity index (χ1n) is 19.9. The number of esters is 2. The highest BCUT2D eigenvalue weighted by atomic mass is 16.6. The Bertz CT molecular complexity index is 2240. The fourth-order valence-corrected chi connectivity index (χ4v) is 6.43. The molecule has 0 radical (unpaired) electrons. The molecule has 6 aromatic rings. The van der Waals surface area contributed by atoms with Crippen LogP contribution in [0.15, 0.2) is 97.1 Å². The molecule has 0 aliphatic rings. The third-order valence-electron chi connectivity index (χ3n) is 9.08. The molecule has 0 fully saturated rings. The van der Waals surface area contributed by atoms with E-state index in [2.05, 4.69) is 20.6 Å². The second-order valence-corrected chi connectivity index (χ2v) is 16.5. The zero-order chi connectivity index (χ0) is 42.9. The highest BCUT2D eigenvalue weighted by Gasteiger charge is 2.28. The van der Waals surface area contributed by atoms with Crippen molar-refractivity contribution in [3.8, 4) is 0 Å². The van der Waals surface area contributed by atoms with Crippen LogP contribution in [0.3, 0.4) is 0 Å². The molecule has 0 spiro atoms. The van der Waals surface area contributed by atoms with Crippen molar-refractivity contribution in [2.24, 2.45) is 0 Å². The van der Waals surface area contributed by atoms with Crippen LogP contribution in [0.1, 0.15) is 100 Å². The number of aryl methyl sites for hydroxylation is 2. The number of imidazole rings is 2. The number of ether oxygens (including phenoxy) is 4. The molecule has 0 saturated heterocycles. The summed E-state index contributed by atoms with van der Waals surface area (Å²) in [6.07, 6.45) is -0.301. The molecule has 2 amide bonds. The first-order valence-corrected chi connectivity index (χ1v) is 19.9. The third kappa shape index (κ3) is 12.9. The van der Waals surface area contributed by atoms with E-state index < -0.39 is 47.4 Å². The lowest BCUT2D eigenvalue weighted by atomic mass is 10.0. The van der Waals surface area contributed by atoms with Crippen molar-refractivity contribution >= 4 is 46.2 Å². The number of carbonyl (C=O) groups is 4. The van der Waals surface area contributed by atoms with Gasteiger partial charge in [-0.05, 0) is 101 Å². The van der Waals surface area contributed by atoms with Gasteiger partial charge in [-0.15, -0.1) is 0 Å². The number of aromatic nitrogens is 4. The van der Waals surface area contributed by atoms with Gasteiger partial charge >= 0.3 is 24.1 Å². The highest BCUT2D eigenvalue weighted by Crippen LogP contribution is 2.25. The number of hydrogen-bond donors (Lipinski definition) is 4. The summed E-state index contributed by atoms with van der Waals surface area (Å²) in [5.74, 6) is -0.188. The molecule has 14 nitrogen and oxygen atoms in total. The molecule has 0 bridgehead atoms. The SMILES string of the molecule is CC(C)(C)OC(=O)C[C@H](NC(=O)OCc1ccccc1)c1nc2ccc(CCc3ccc4nc([C@H](CC(=O)OC(C)(C)C)NC(=O)OCc5ccccc5)[nH]c4c3)cc2[nH]1. The predicted octanol–water partition coefficient (Wildman–Crippen LogP) is 8.62. The molecule has 0 aliphatic carbocycles. The lowest BCUT2D eigenvalue weighted by Crippen LogP contribution is -2.33. The van der Waals surface area contributed by atoms with Crippen LogP contribution < -0.4 is 10.6 Å². The van der Waals surface area contributed by atoms with Crippen LogP contribution >= 0.6 is 0 Å². The summed E-state index contributed by atoms with van der Waals surface area (Å²) in [4.78, 5) is 67.6. The Hall–Kier alpha value is -6.70. The second kappa shape index (κ2) is 18.9. The lowest BCUT2D eigenvalue weighted by molar-refractivity contribution is -0.156. The molecule has 2 aromatic heterocycles. The fourth-order valence-electron chi connectivity index (χ4n) is 6.43. The van der Waals surface area contributed by atoms with Gasteiger partial charge in [-0.25, -0.2) is 19.6 Å². The number of nitrogens with one attached hydrogen (secondary N) is 4. The second-order valence-electron chi connectivity index (χ2n) is 16.5. The van der Waals surface area contributed by atoms with E-state index in [1.165, 1.54) is 0 Å². The molecule has 4 N–H and O–H groups in total. The highest BCUT2D eigenvalue weighted by molar-refractivity contribution is 5.79. The number of nitrogens with zero attached hydrogens (tertiary/aromatic N) is 2. The number of H-pyrrole nitrogens is 2. The first-order chi connectivity index (χ1) is 28.5. The van der Waals surface area contributed by atoms with E-state index in [9.17, 15) is 19.2 Å². The summed E-state index contributed by atoms with van der Waals surface area (Å²) in [5.41, 5.74) is 5.17. The molecular weight excluding hydrogens is 765 g/mol. The van der Waals surface area contributed by atoms with E-state index in [1.807, 2.05) is 97.1 Å². The number of fused-ring (bicyclic) bond motifs is 2. The van der Waals surface area contributed by atoms with Gasteiger partial charge in [0.15, 0.2) is 0 Å². The van der Waals surface area contributed by atoms with E-state index in [-0.39, 0.29) is 26.1 Å². The Kier molecular flexibility index (Phi) is 13.5. The van der Waals surface area contributed by atoms with Crippen LogP contribution in [-0.4, -0.2) is 55.3 Å². The van der Waals surface area contributed by atoms with Gasteiger partial charge < -0.3 is 39.5 Å². The van der Waals surface area contributed by atoms with Gasteiger partial charge in [0.25, 0.3) is 0 Å². The van der Waals surface area contributed by atoms with Gasteiger partial charge in [0.05, 0.1) is 34.9 Å². The zero-order valence-electron chi connectivity index (χ0n) is 34.8. The Balaban J connectivity index is 1.13. The Morgan fingerprint density at radius 3 is 1.30 bits per heavy atom. The molecule has 60 heavy (non-hydrogen) atoms. The topological polar surface area (TPSA) is 187 Å². The van der Waals surface area contributed by atoms with Gasteiger partial charge in [0.1, 0.15) is 48.1 Å². The molecule has 4 aromatic carbocycles. The molecule has 2 atom stereocenters. The summed E-state index contributed by atoms with van der Waals surface area (Å²) in [7, 11) is 0. The van der Waals surface area contributed by atoms with Crippen LogP contribution in [0.2, 0.25) is 0 Å². The summed E-state index contributed by atoms with van der Waals surface area (Å²) < 4.78 is 22.0. The van der Waals surface area contributed by atoms with Crippen molar-refractivity contribution in [2.75, 3.05) is 0 Å². The molecule has 0 saturated carbocycles. The van der Waals surface area contributed by atoms with Gasteiger partial charge in [-0.3, -0.25) is 9.59 Å². The number of aromatic amines is 2. The fraction of sp³-hybridized carbons (Fsp3) is 0.348. The molecule has 14 heteroatoms. The molecule has 6 rings (SSSR count). The standard InChI is InChI=1S/C46H52N6O8/c1-45(2,3)59-39(53)25-37(51-43(55)57-27-31-13-9-7-10-14-31)41-47-33-21-19-29(23-35(33)49-41)17-18-30-20-22-34-36(24-30)50-42(48-34)38(26-40(54)60-46(4,5)6)52-44(56)58-28-32-15-11-8-12-16-32/h7-16,19-24,37-38H,17-18,25-28H2,1-6H3,(H,47,49)(H,48,50)(H,51,55)(H,52,56)/t37-,38-/m0/s1. The third-order valence-corrected chi connectivity index (χ3v) is 9.08. The number of carbonyl (C=O) groups excluding carboxylic acids is 4.